The minimum absolute atomic E-state index is 0.0299. The average Bonchev–Trinajstić information content (AvgIpc) is 2.83. The van der Waals surface area contributed by atoms with Gasteiger partial charge < -0.3 is 15.2 Å². The number of nitrogens with one attached hydrogen (secondary N) is 2. The normalized spacial score (nSPS) is 21.5. The van der Waals surface area contributed by atoms with Gasteiger partial charge in [-0.3, -0.25) is 4.79 Å². The van der Waals surface area contributed by atoms with Crippen LogP contribution in [0.3, 0.4) is 0 Å². The molecular formula is C10H14N4O. The maximum absolute atomic E-state index is 11.4. The summed E-state index contributed by atoms with van der Waals surface area (Å²) in [5.74, 6) is -0.0299. The van der Waals surface area contributed by atoms with Crippen LogP contribution in [-0.2, 0) is 6.54 Å². The number of fused-ring (bicyclic) bond motifs is 1. The Balaban J connectivity index is 1.92. The lowest BCUT2D eigenvalue weighted by Gasteiger charge is -2.25. The highest BCUT2D eigenvalue weighted by Crippen LogP contribution is 2.24. The third-order valence-corrected chi connectivity index (χ3v) is 3.23. The summed E-state index contributed by atoms with van der Waals surface area (Å²) in [5, 5.41) is 6.14. The van der Waals surface area contributed by atoms with Gasteiger partial charge in [-0.25, -0.2) is 4.98 Å². The summed E-state index contributed by atoms with van der Waals surface area (Å²) in [5.41, 5.74) is 1.68. The first kappa shape index (κ1) is 8.91. The van der Waals surface area contributed by atoms with Crippen LogP contribution in [0, 0.1) is 0 Å². The molecule has 5 nitrogen and oxygen atoms in total. The molecule has 3 rings (SSSR count). The third-order valence-electron chi connectivity index (χ3n) is 3.23. The molecule has 0 atom stereocenters. The molecule has 0 aromatic carbocycles. The van der Waals surface area contributed by atoms with Crippen LogP contribution in [-0.4, -0.2) is 28.5 Å². The van der Waals surface area contributed by atoms with Gasteiger partial charge in [0.15, 0.2) is 5.69 Å². The van der Waals surface area contributed by atoms with Crippen molar-refractivity contribution < 1.29 is 4.79 Å². The zero-order valence-electron chi connectivity index (χ0n) is 8.49. The Labute approximate surface area is 87.9 Å². The van der Waals surface area contributed by atoms with Crippen LogP contribution >= 0.6 is 0 Å². The molecule has 1 saturated heterocycles. The molecule has 5 heteroatoms. The van der Waals surface area contributed by atoms with Crippen molar-refractivity contribution >= 4 is 5.91 Å². The molecule has 0 aliphatic carbocycles. The van der Waals surface area contributed by atoms with Crippen molar-refractivity contribution in [2.24, 2.45) is 0 Å². The Morgan fingerprint density at radius 2 is 2.20 bits per heavy atom. The van der Waals surface area contributed by atoms with Gasteiger partial charge in [-0.2, -0.15) is 0 Å². The first-order valence-electron chi connectivity index (χ1n) is 5.41. The minimum atomic E-state index is -0.0299. The standard InChI is InChI=1S/C10H14N4O/c15-10-9-8(5-12-10)14(6-13-9)7-1-3-11-4-2-7/h6-7,11H,1-5H2,(H,12,15). The van der Waals surface area contributed by atoms with Crippen LogP contribution in [0.15, 0.2) is 6.33 Å². The molecule has 0 spiro atoms. The summed E-state index contributed by atoms with van der Waals surface area (Å²) in [6.45, 7) is 2.75. The molecule has 0 unspecified atom stereocenters. The molecule has 2 aliphatic rings. The number of carbonyl (C=O) groups is 1. The maximum atomic E-state index is 11.4. The van der Waals surface area contributed by atoms with E-state index in [-0.39, 0.29) is 5.91 Å². The summed E-state index contributed by atoms with van der Waals surface area (Å²) < 4.78 is 2.17. The lowest BCUT2D eigenvalue weighted by molar-refractivity contribution is 0.0961. The van der Waals surface area contributed by atoms with Gasteiger partial charge in [-0.15, -0.1) is 0 Å². The zero-order valence-corrected chi connectivity index (χ0v) is 8.49. The lowest BCUT2D eigenvalue weighted by atomic mass is 10.1. The molecule has 80 valence electrons. The van der Waals surface area contributed by atoms with Crippen molar-refractivity contribution in [3.63, 3.8) is 0 Å². The second-order valence-electron chi connectivity index (χ2n) is 4.11. The highest BCUT2D eigenvalue weighted by atomic mass is 16.2. The van der Waals surface area contributed by atoms with Crippen LogP contribution in [0.1, 0.15) is 35.1 Å². The van der Waals surface area contributed by atoms with Gasteiger partial charge in [0.25, 0.3) is 5.91 Å². The van der Waals surface area contributed by atoms with Gasteiger partial charge in [-0.1, -0.05) is 0 Å². The lowest BCUT2D eigenvalue weighted by Crippen LogP contribution is -2.30. The second-order valence-corrected chi connectivity index (χ2v) is 4.11. The predicted octanol–water partition coefficient (Wildman–Crippen LogP) is 0.0510. The van der Waals surface area contributed by atoms with E-state index in [1.54, 1.807) is 0 Å². The summed E-state index contributed by atoms with van der Waals surface area (Å²) in [6, 6.07) is 0.509. The fourth-order valence-electron chi connectivity index (χ4n) is 2.40. The highest BCUT2D eigenvalue weighted by molar-refractivity contribution is 5.95. The number of hydrogen-bond acceptors (Lipinski definition) is 3. The summed E-state index contributed by atoms with van der Waals surface area (Å²) in [6.07, 6.45) is 4.06. The van der Waals surface area contributed by atoms with Gasteiger partial charge in [0.05, 0.1) is 18.6 Å². The topological polar surface area (TPSA) is 59.0 Å². The van der Waals surface area contributed by atoms with Gasteiger partial charge in [0, 0.05) is 6.04 Å². The Hall–Kier alpha value is -1.36. The molecule has 3 heterocycles. The number of carbonyl (C=O) groups excluding carboxylic acids is 1. The first-order chi connectivity index (χ1) is 7.36. The minimum Gasteiger partial charge on any atom is -0.345 e. The van der Waals surface area contributed by atoms with Gasteiger partial charge in [0.2, 0.25) is 0 Å². The molecular weight excluding hydrogens is 192 g/mol. The second kappa shape index (κ2) is 3.34. The summed E-state index contributed by atoms with van der Waals surface area (Å²) in [4.78, 5) is 15.5. The summed E-state index contributed by atoms with van der Waals surface area (Å²) >= 11 is 0. The van der Waals surface area contributed by atoms with Crippen LogP contribution in [0.25, 0.3) is 0 Å². The number of hydrogen-bond donors (Lipinski definition) is 2. The van der Waals surface area contributed by atoms with Crippen LogP contribution < -0.4 is 10.6 Å². The van der Waals surface area contributed by atoms with Crippen LogP contribution in [0.4, 0.5) is 0 Å². The van der Waals surface area contributed by atoms with Crippen molar-refractivity contribution in [2.45, 2.75) is 25.4 Å². The number of amides is 1. The number of rotatable bonds is 1. The van der Waals surface area contributed by atoms with Gasteiger partial charge in [0.1, 0.15) is 0 Å². The van der Waals surface area contributed by atoms with Crippen LogP contribution in [0.5, 0.6) is 0 Å². The SMILES string of the molecule is O=C1NCc2c1ncn2C1CCNCC1. The van der Waals surface area contributed by atoms with E-state index in [1.807, 2.05) is 6.33 Å². The molecule has 1 fully saturated rings. The van der Waals surface area contributed by atoms with E-state index in [9.17, 15) is 4.79 Å². The molecule has 1 aromatic heterocycles. The Morgan fingerprint density at radius 3 is 3.00 bits per heavy atom. The largest absolute Gasteiger partial charge is 0.345 e. The molecule has 2 N–H and O–H groups in total. The van der Waals surface area contributed by atoms with E-state index in [2.05, 4.69) is 20.2 Å². The van der Waals surface area contributed by atoms with E-state index in [0.717, 1.165) is 31.6 Å². The number of imidazole rings is 1. The molecule has 15 heavy (non-hydrogen) atoms. The number of nitrogens with zero attached hydrogens (tertiary/aromatic N) is 2. The number of aromatic nitrogens is 2. The van der Waals surface area contributed by atoms with Crippen molar-refractivity contribution in [1.82, 2.24) is 20.2 Å². The average molecular weight is 206 g/mol. The van der Waals surface area contributed by atoms with Gasteiger partial charge in [-0.05, 0) is 25.9 Å². The Kier molecular flexibility index (Phi) is 1.98. The van der Waals surface area contributed by atoms with Crippen LogP contribution in [0.2, 0.25) is 0 Å². The van der Waals surface area contributed by atoms with E-state index >= 15 is 0 Å². The van der Waals surface area contributed by atoms with Crippen molar-refractivity contribution in [3.8, 4) is 0 Å². The Morgan fingerprint density at radius 1 is 1.40 bits per heavy atom. The monoisotopic (exact) mass is 206 g/mol. The predicted molar refractivity (Wildman–Crippen MR) is 54.5 cm³/mol. The molecule has 1 aromatic rings. The fourth-order valence-corrected chi connectivity index (χ4v) is 2.40. The third kappa shape index (κ3) is 1.34. The molecule has 2 aliphatic heterocycles. The summed E-state index contributed by atoms with van der Waals surface area (Å²) in [7, 11) is 0. The van der Waals surface area contributed by atoms with E-state index in [0.29, 0.717) is 18.3 Å². The Bertz CT molecular complexity index is 392. The molecule has 1 amide bonds. The first-order valence-corrected chi connectivity index (χ1v) is 5.41. The van der Waals surface area contributed by atoms with Crippen molar-refractivity contribution in [2.75, 3.05) is 13.1 Å². The molecule has 0 radical (unpaired) electrons. The maximum Gasteiger partial charge on any atom is 0.272 e. The van der Waals surface area contributed by atoms with E-state index in [4.69, 9.17) is 0 Å². The van der Waals surface area contributed by atoms with E-state index in [1.165, 1.54) is 0 Å². The smallest absolute Gasteiger partial charge is 0.272 e. The molecule has 0 bridgehead atoms. The highest BCUT2D eigenvalue weighted by Gasteiger charge is 2.27. The van der Waals surface area contributed by atoms with Gasteiger partial charge >= 0.3 is 0 Å². The van der Waals surface area contributed by atoms with E-state index < -0.39 is 0 Å². The zero-order chi connectivity index (χ0) is 10.3. The number of piperidine rings is 1. The molecule has 0 saturated carbocycles. The fraction of sp³-hybridized carbons (Fsp3) is 0.600. The quantitative estimate of drug-likeness (QED) is 0.682. The van der Waals surface area contributed by atoms with Crippen molar-refractivity contribution in [3.05, 3.63) is 17.7 Å². The van der Waals surface area contributed by atoms with Crippen molar-refractivity contribution in [1.29, 1.82) is 0 Å².